The van der Waals surface area contributed by atoms with E-state index in [4.69, 9.17) is 23.8 Å². The largest absolute Gasteiger partial charge is 0.340 e. The zero-order chi connectivity index (χ0) is 25.4. The number of carbonyl (C=O) groups is 2. The lowest BCUT2D eigenvalue weighted by Gasteiger charge is -2.15. The number of thiocarbonyl (C=S) groups is 1. The summed E-state index contributed by atoms with van der Waals surface area (Å²) in [5.74, 6) is -1.16. The van der Waals surface area contributed by atoms with Gasteiger partial charge in [-0.3, -0.25) is 15.0 Å². The maximum absolute atomic E-state index is 14.4. The molecule has 180 valence electrons. The first-order chi connectivity index (χ1) is 17.3. The molecule has 1 aromatic heterocycles. The van der Waals surface area contributed by atoms with Crippen LogP contribution in [0.4, 0.5) is 4.39 Å². The van der Waals surface area contributed by atoms with E-state index in [1.54, 1.807) is 42.5 Å². The number of hydrogen-bond donors (Lipinski definition) is 1. The fourth-order valence-corrected chi connectivity index (χ4v) is 5.39. The molecule has 0 spiro atoms. The van der Waals surface area contributed by atoms with E-state index >= 15 is 0 Å². The van der Waals surface area contributed by atoms with Crippen LogP contribution in [0.1, 0.15) is 27.2 Å². The number of hydrogen-bond acceptors (Lipinski definition) is 4. The fraction of sp³-hybridized carbons (Fsp3) is 0.0741. The molecule has 36 heavy (non-hydrogen) atoms. The maximum atomic E-state index is 14.4. The van der Waals surface area contributed by atoms with Crippen molar-refractivity contribution in [3.63, 3.8) is 0 Å². The Morgan fingerprint density at radius 2 is 1.78 bits per heavy atom. The predicted molar refractivity (Wildman–Crippen MR) is 146 cm³/mol. The Labute approximate surface area is 221 Å². The van der Waals surface area contributed by atoms with E-state index in [9.17, 15) is 14.0 Å². The summed E-state index contributed by atoms with van der Waals surface area (Å²) in [5.41, 5.74) is 6.15. The quantitative estimate of drug-likeness (QED) is 0.239. The minimum absolute atomic E-state index is 0.223. The van der Waals surface area contributed by atoms with E-state index in [0.29, 0.717) is 27.6 Å². The third-order valence-electron chi connectivity index (χ3n) is 5.95. The molecule has 4 aromatic rings. The summed E-state index contributed by atoms with van der Waals surface area (Å²) in [7, 11) is 0. The van der Waals surface area contributed by atoms with Crippen molar-refractivity contribution >= 4 is 68.7 Å². The fourth-order valence-electron chi connectivity index (χ4n) is 4.10. The number of fused-ring (bicyclic) bond motifs is 1. The van der Waals surface area contributed by atoms with Crippen molar-refractivity contribution in [2.24, 2.45) is 0 Å². The van der Waals surface area contributed by atoms with Gasteiger partial charge in [0.05, 0.1) is 11.4 Å². The molecule has 5 rings (SSSR count). The summed E-state index contributed by atoms with van der Waals surface area (Å²) < 4.78 is 16.6. The summed E-state index contributed by atoms with van der Waals surface area (Å²) in [6, 6.07) is 20.8. The normalized spacial score (nSPS) is 14.8. The highest BCUT2D eigenvalue weighted by molar-refractivity contribution is 8.26. The second-order valence-corrected chi connectivity index (χ2v) is 10.3. The van der Waals surface area contributed by atoms with Gasteiger partial charge in [-0.2, -0.15) is 5.01 Å². The van der Waals surface area contributed by atoms with Crippen LogP contribution in [0.2, 0.25) is 5.02 Å². The van der Waals surface area contributed by atoms with E-state index in [2.05, 4.69) is 5.43 Å². The van der Waals surface area contributed by atoms with Gasteiger partial charge in [0.15, 0.2) is 4.32 Å². The summed E-state index contributed by atoms with van der Waals surface area (Å²) in [6.07, 6.45) is 1.78. The molecule has 0 saturated carbocycles. The number of thioether (sulfide) groups is 1. The van der Waals surface area contributed by atoms with E-state index < -0.39 is 11.8 Å². The molecule has 0 atom stereocenters. The average Bonchev–Trinajstić information content (AvgIpc) is 3.29. The van der Waals surface area contributed by atoms with E-state index in [1.807, 2.05) is 41.8 Å². The van der Waals surface area contributed by atoms with Gasteiger partial charge in [-0.25, -0.2) is 4.39 Å². The van der Waals surface area contributed by atoms with Crippen molar-refractivity contribution in [3.8, 4) is 0 Å². The number of aromatic nitrogens is 1. The van der Waals surface area contributed by atoms with Crippen molar-refractivity contribution in [2.45, 2.75) is 13.5 Å². The zero-order valence-corrected chi connectivity index (χ0v) is 21.4. The monoisotopic (exact) mass is 535 g/mol. The van der Waals surface area contributed by atoms with Gasteiger partial charge in [0.25, 0.3) is 11.8 Å². The minimum atomic E-state index is -0.470. The van der Waals surface area contributed by atoms with E-state index in [0.717, 1.165) is 38.9 Å². The van der Waals surface area contributed by atoms with Gasteiger partial charge in [0.2, 0.25) is 0 Å². The molecule has 2 amide bonds. The lowest BCUT2D eigenvalue weighted by Crippen LogP contribution is -2.44. The number of halogens is 2. The SMILES string of the molecule is Cc1c(/C=C2\SC(=S)N(NC(=O)c3ccc(Cl)cc3)C2=O)c2ccccc2n1Cc1ccccc1F. The number of carbonyl (C=O) groups excluding carboxylic acids is 2. The Bertz CT molecular complexity index is 1560. The average molecular weight is 536 g/mol. The molecule has 1 N–H and O–H groups in total. The van der Waals surface area contributed by atoms with Crippen molar-refractivity contribution in [1.82, 2.24) is 15.0 Å². The summed E-state index contributed by atoms with van der Waals surface area (Å²) in [4.78, 5) is 26.2. The highest BCUT2D eigenvalue weighted by Gasteiger charge is 2.34. The second-order valence-electron chi connectivity index (χ2n) is 8.16. The molecule has 0 radical (unpaired) electrons. The predicted octanol–water partition coefficient (Wildman–Crippen LogP) is 6.34. The van der Waals surface area contributed by atoms with Gasteiger partial charge < -0.3 is 4.57 Å². The van der Waals surface area contributed by atoms with Gasteiger partial charge in [0.1, 0.15) is 5.82 Å². The molecule has 0 aliphatic carbocycles. The maximum Gasteiger partial charge on any atom is 0.285 e. The number of benzene rings is 3. The highest BCUT2D eigenvalue weighted by atomic mass is 35.5. The molecule has 0 unspecified atom stereocenters. The van der Waals surface area contributed by atoms with Crippen LogP contribution in [0, 0.1) is 12.7 Å². The lowest BCUT2D eigenvalue weighted by atomic mass is 10.1. The van der Waals surface area contributed by atoms with Crippen LogP contribution in [0.15, 0.2) is 77.7 Å². The van der Waals surface area contributed by atoms with Crippen LogP contribution < -0.4 is 5.43 Å². The Kier molecular flexibility index (Phi) is 6.66. The molecule has 2 heterocycles. The third kappa shape index (κ3) is 4.55. The van der Waals surface area contributed by atoms with Gasteiger partial charge in [-0.1, -0.05) is 59.8 Å². The molecule has 1 saturated heterocycles. The van der Waals surface area contributed by atoms with Crippen molar-refractivity contribution in [3.05, 3.63) is 111 Å². The molecule has 1 aliphatic heterocycles. The number of rotatable bonds is 5. The first kappa shape index (κ1) is 24.2. The molecular formula is C27H19ClFN3O2S2. The number of para-hydroxylation sites is 1. The van der Waals surface area contributed by atoms with Gasteiger partial charge in [-0.05, 0) is 61.6 Å². The smallest absolute Gasteiger partial charge is 0.285 e. The Balaban J connectivity index is 1.47. The third-order valence-corrected chi connectivity index (χ3v) is 7.51. The lowest BCUT2D eigenvalue weighted by molar-refractivity contribution is -0.123. The molecule has 9 heteroatoms. The van der Waals surface area contributed by atoms with Gasteiger partial charge >= 0.3 is 0 Å². The Hall–Kier alpha value is -3.46. The first-order valence-electron chi connectivity index (χ1n) is 11.0. The van der Waals surface area contributed by atoms with Crippen LogP contribution in [-0.2, 0) is 11.3 Å². The van der Waals surface area contributed by atoms with Crippen molar-refractivity contribution < 1.29 is 14.0 Å². The number of nitrogens with one attached hydrogen (secondary N) is 1. The first-order valence-corrected chi connectivity index (χ1v) is 12.6. The van der Waals surface area contributed by atoms with Crippen molar-refractivity contribution in [2.75, 3.05) is 0 Å². The number of hydrazine groups is 1. The van der Waals surface area contributed by atoms with Crippen LogP contribution in [0.5, 0.6) is 0 Å². The van der Waals surface area contributed by atoms with Gasteiger partial charge in [-0.15, -0.1) is 0 Å². The van der Waals surface area contributed by atoms with Crippen molar-refractivity contribution in [1.29, 1.82) is 0 Å². The van der Waals surface area contributed by atoms with E-state index in [-0.39, 0.29) is 10.1 Å². The summed E-state index contributed by atoms with van der Waals surface area (Å²) in [5, 5.41) is 2.52. The number of amides is 2. The second kappa shape index (κ2) is 9.89. The minimum Gasteiger partial charge on any atom is -0.340 e. The van der Waals surface area contributed by atoms with Crippen LogP contribution >= 0.6 is 35.6 Å². The molecule has 5 nitrogen and oxygen atoms in total. The molecule has 1 aliphatic rings. The summed E-state index contributed by atoms with van der Waals surface area (Å²) in [6.45, 7) is 2.29. The molecule has 3 aromatic carbocycles. The highest BCUT2D eigenvalue weighted by Crippen LogP contribution is 2.35. The van der Waals surface area contributed by atoms with Gasteiger partial charge in [0, 0.05) is 38.3 Å². The van der Waals surface area contributed by atoms with Crippen LogP contribution in [0.3, 0.4) is 0 Å². The molecule has 1 fully saturated rings. The standard InChI is InChI=1S/C27H19ClFN3O2S2/c1-16-21(20-7-3-5-9-23(20)31(16)15-18-6-2-4-8-22(18)29)14-24-26(34)32(27(35)36-24)30-25(33)17-10-12-19(28)13-11-17/h2-14H,15H2,1H3,(H,30,33)/b24-14-. The van der Waals surface area contributed by atoms with Crippen LogP contribution in [-0.4, -0.2) is 25.7 Å². The Morgan fingerprint density at radius 3 is 2.53 bits per heavy atom. The molecular weight excluding hydrogens is 517 g/mol. The molecule has 0 bridgehead atoms. The topological polar surface area (TPSA) is 54.3 Å². The summed E-state index contributed by atoms with van der Waals surface area (Å²) >= 11 is 12.4. The van der Waals surface area contributed by atoms with Crippen LogP contribution in [0.25, 0.3) is 17.0 Å². The van der Waals surface area contributed by atoms with E-state index in [1.165, 1.54) is 6.07 Å². The number of nitrogens with zero attached hydrogens (tertiary/aromatic N) is 2. The Morgan fingerprint density at radius 1 is 1.08 bits per heavy atom. The zero-order valence-electron chi connectivity index (χ0n) is 19.0.